The summed E-state index contributed by atoms with van der Waals surface area (Å²) in [5.74, 6) is -1.01. The number of hydrogen-bond acceptors (Lipinski definition) is 3. The fourth-order valence-corrected chi connectivity index (χ4v) is 2.02. The van der Waals surface area contributed by atoms with Crippen molar-refractivity contribution in [2.24, 2.45) is 0 Å². The summed E-state index contributed by atoms with van der Waals surface area (Å²) < 4.78 is 0. The van der Waals surface area contributed by atoms with Gasteiger partial charge in [0.25, 0.3) is 0 Å². The third-order valence-corrected chi connectivity index (χ3v) is 3.27. The molecule has 0 unspecified atom stereocenters. The normalized spacial score (nSPS) is 15.3. The molecule has 108 valence electrons. The zero-order valence-corrected chi connectivity index (χ0v) is 11.8. The monoisotopic (exact) mass is 269 g/mol. The predicted octanol–water partition coefficient (Wildman–Crippen LogP) is -0.0165. The highest BCUT2D eigenvalue weighted by atomic mass is 16.2. The molecule has 0 bridgehead atoms. The van der Waals surface area contributed by atoms with E-state index in [1.807, 2.05) is 0 Å². The highest BCUT2D eigenvalue weighted by Crippen LogP contribution is 2.02. The van der Waals surface area contributed by atoms with Crippen LogP contribution in [-0.2, 0) is 14.4 Å². The molecule has 1 N–H and O–H groups in total. The van der Waals surface area contributed by atoms with E-state index in [1.54, 1.807) is 4.90 Å². The Kier molecular flexibility index (Phi) is 6.32. The van der Waals surface area contributed by atoms with Gasteiger partial charge in [0.1, 0.15) is 0 Å². The lowest BCUT2D eigenvalue weighted by molar-refractivity contribution is -0.148. The lowest BCUT2D eigenvalue weighted by Gasteiger charge is -2.33. The standard InChI is InChI=1S/C13H23N3O3/c1-3-4-5-6-14-12(18)13(19)16-9-7-15(8-10-16)11(2)17/h3-10H2,1-2H3,(H,14,18). The number of hydrogen-bond donors (Lipinski definition) is 1. The maximum Gasteiger partial charge on any atom is 0.312 e. The zero-order chi connectivity index (χ0) is 14.3. The second-order valence-corrected chi connectivity index (χ2v) is 4.76. The molecule has 1 heterocycles. The predicted molar refractivity (Wildman–Crippen MR) is 71.4 cm³/mol. The lowest BCUT2D eigenvalue weighted by Crippen LogP contribution is -2.53. The van der Waals surface area contributed by atoms with Gasteiger partial charge in [-0.3, -0.25) is 14.4 Å². The van der Waals surface area contributed by atoms with Crippen LogP contribution in [0, 0.1) is 0 Å². The topological polar surface area (TPSA) is 69.7 Å². The van der Waals surface area contributed by atoms with Crippen LogP contribution < -0.4 is 5.32 Å². The molecule has 1 rings (SSSR count). The van der Waals surface area contributed by atoms with Gasteiger partial charge in [0, 0.05) is 39.6 Å². The summed E-state index contributed by atoms with van der Waals surface area (Å²) in [4.78, 5) is 37.8. The molecule has 1 saturated heterocycles. The first kappa shape index (κ1) is 15.5. The maximum absolute atomic E-state index is 11.8. The summed E-state index contributed by atoms with van der Waals surface area (Å²) in [6, 6.07) is 0. The van der Waals surface area contributed by atoms with Gasteiger partial charge in [0.05, 0.1) is 0 Å². The molecule has 6 nitrogen and oxygen atoms in total. The molecule has 19 heavy (non-hydrogen) atoms. The Morgan fingerprint density at radius 1 is 1.00 bits per heavy atom. The van der Waals surface area contributed by atoms with Crippen LogP contribution in [0.3, 0.4) is 0 Å². The number of carbonyl (C=O) groups is 3. The van der Waals surface area contributed by atoms with Crippen LogP contribution in [0.2, 0.25) is 0 Å². The number of amides is 3. The first-order chi connectivity index (χ1) is 9.06. The van der Waals surface area contributed by atoms with Crippen molar-refractivity contribution in [1.29, 1.82) is 0 Å². The Balaban J connectivity index is 2.30. The summed E-state index contributed by atoms with van der Waals surface area (Å²) in [5.41, 5.74) is 0. The van der Waals surface area contributed by atoms with Crippen molar-refractivity contribution in [3.63, 3.8) is 0 Å². The summed E-state index contributed by atoms with van der Waals surface area (Å²) in [7, 11) is 0. The minimum Gasteiger partial charge on any atom is -0.348 e. The second kappa shape index (κ2) is 7.76. The van der Waals surface area contributed by atoms with Crippen LogP contribution in [0.15, 0.2) is 0 Å². The average Bonchev–Trinajstić information content (AvgIpc) is 2.42. The fourth-order valence-electron chi connectivity index (χ4n) is 2.02. The molecule has 0 atom stereocenters. The maximum atomic E-state index is 11.8. The minimum absolute atomic E-state index is 0.0103. The number of nitrogens with one attached hydrogen (secondary N) is 1. The molecule has 0 aromatic heterocycles. The molecule has 0 radical (unpaired) electrons. The molecule has 3 amide bonds. The molecule has 0 aromatic carbocycles. The van der Waals surface area contributed by atoms with E-state index in [9.17, 15) is 14.4 Å². The molecular formula is C13H23N3O3. The first-order valence-corrected chi connectivity index (χ1v) is 6.89. The van der Waals surface area contributed by atoms with Gasteiger partial charge in [-0.1, -0.05) is 19.8 Å². The lowest BCUT2D eigenvalue weighted by atomic mass is 10.2. The van der Waals surface area contributed by atoms with E-state index >= 15 is 0 Å². The average molecular weight is 269 g/mol. The third kappa shape index (κ3) is 4.89. The van der Waals surface area contributed by atoms with Crippen LogP contribution >= 0.6 is 0 Å². The number of unbranched alkanes of at least 4 members (excludes halogenated alkanes) is 2. The van der Waals surface area contributed by atoms with Gasteiger partial charge >= 0.3 is 11.8 Å². The Labute approximate surface area is 114 Å². The van der Waals surface area contributed by atoms with Crippen LogP contribution in [0.4, 0.5) is 0 Å². The van der Waals surface area contributed by atoms with E-state index in [0.29, 0.717) is 32.7 Å². The van der Waals surface area contributed by atoms with Crippen molar-refractivity contribution in [3.05, 3.63) is 0 Å². The second-order valence-electron chi connectivity index (χ2n) is 4.76. The molecule has 0 saturated carbocycles. The van der Waals surface area contributed by atoms with Crippen molar-refractivity contribution >= 4 is 17.7 Å². The SMILES string of the molecule is CCCCCNC(=O)C(=O)N1CCN(C(C)=O)CC1. The van der Waals surface area contributed by atoms with E-state index in [1.165, 1.54) is 11.8 Å². The quantitative estimate of drug-likeness (QED) is 0.576. The van der Waals surface area contributed by atoms with Crippen molar-refractivity contribution in [2.45, 2.75) is 33.1 Å². The number of nitrogens with zero attached hydrogens (tertiary/aromatic N) is 2. The largest absolute Gasteiger partial charge is 0.348 e. The zero-order valence-electron chi connectivity index (χ0n) is 11.8. The molecule has 1 aliphatic rings. The summed E-state index contributed by atoms with van der Waals surface area (Å²) in [6.45, 7) is 6.02. The Hall–Kier alpha value is -1.59. The number of piperazine rings is 1. The third-order valence-electron chi connectivity index (χ3n) is 3.27. The van der Waals surface area contributed by atoms with E-state index in [2.05, 4.69) is 12.2 Å². The molecular weight excluding hydrogens is 246 g/mol. The van der Waals surface area contributed by atoms with Crippen molar-refractivity contribution < 1.29 is 14.4 Å². The molecule has 6 heteroatoms. The van der Waals surface area contributed by atoms with Gasteiger partial charge in [0.15, 0.2) is 0 Å². The Morgan fingerprint density at radius 2 is 1.58 bits per heavy atom. The number of rotatable bonds is 4. The van der Waals surface area contributed by atoms with E-state index in [-0.39, 0.29) is 5.91 Å². The fraction of sp³-hybridized carbons (Fsp3) is 0.769. The van der Waals surface area contributed by atoms with Gasteiger partial charge in [-0.15, -0.1) is 0 Å². The molecule has 1 fully saturated rings. The van der Waals surface area contributed by atoms with Gasteiger partial charge in [-0.25, -0.2) is 0 Å². The highest BCUT2D eigenvalue weighted by Gasteiger charge is 2.26. The summed E-state index contributed by atoms with van der Waals surface area (Å²) in [5, 5.41) is 2.64. The Morgan fingerprint density at radius 3 is 2.11 bits per heavy atom. The summed E-state index contributed by atoms with van der Waals surface area (Å²) >= 11 is 0. The molecule has 0 aromatic rings. The van der Waals surface area contributed by atoms with Crippen molar-refractivity contribution in [1.82, 2.24) is 15.1 Å². The van der Waals surface area contributed by atoms with E-state index in [4.69, 9.17) is 0 Å². The van der Waals surface area contributed by atoms with Gasteiger partial charge in [-0.05, 0) is 6.42 Å². The number of carbonyl (C=O) groups excluding carboxylic acids is 3. The first-order valence-electron chi connectivity index (χ1n) is 6.89. The van der Waals surface area contributed by atoms with Crippen LogP contribution in [0.5, 0.6) is 0 Å². The van der Waals surface area contributed by atoms with Crippen LogP contribution in [-0.4, -0.2) is 60.2 Å². The highest BCUT2D eigenvalue weighted by molar-refractivity contribution is 6.35. The smallest absolute Gasteiger partial charge is 0.312 e. The molecule has 0 spiro atoms. The molecule has 1 aliphatic heterocycles. The van der Waals surface area contributed by atoms with Crippen LogP contribution in [0.1, 0.15) is 33.1 Å². The van der Waals surface area contributed by atoms with Crippen molar-refractivity contribution in [2.75, 3.05) is 32.7 Å². The Bertz CT molecular complexity index is 336. The van der Waals surface area contributed by atoms with Gasteiger partial charge in [-0.2, -0.15) is 0 Å². The van der Waals surface area contributed by atoms with E-state index in [0.717, 1.165) is 19.3 Å². The minimum atomic E-state index is -0.535. The van der Waals surface area contributed by atoms with Crippen molar-refractivity contribution in [3.8, 4) is 0 Å². The van der Waals surface area contributed by atoms with Gasteiger partial charge in [0.2, 0.25) is 5.91 Å². The van der Waals surface area contributed by atoms with E-state index < -0.39 is 11.8 Å². The van der Waals surface area contributed by atoms with Crippen LogP contribution in [0.25, 0.3) is 0 Å². The molecule has 0 aliphatic carbocycles. The van der Waals surface area contributed by atoms with Gasteiger partial charge < -0.3 is 15.1 Å². The summed E-state index contributed by atoms with van der Waals surface area (Å²) in [6.07, 6.45) is 3.02.